The molecular weight excluding hydrogens is 306 g/mol. The van der Waals surface area contributed by atoms with Crippen molar-refractivity contribution < 1.29 is 14.3 Å². The van der Waals surface area contributed by atoms with E-state index in [0.717, 1.165) is 36.4 Å². The predicted octanol–water partition coefficient (Wildman–Crippen LogP) is 2.23. The Morgan fingerprint density at radius 2 is 2.42 bits per heavy atom. The molecule has 3 heterocycles. The van der Waals surface area contributed by atoms with Crippen molar-refractivity contribution in [3.8, 4) is 0 Å². The third kappa shape index (κ3) is 4.33. The lowest BCUT2D eigenvalue weighted by molar-refractivity contribution is -0.135. The Kier molecular flexibility index (Phi) is 5.48. The van der Waals surface area contributed by atoms with Crippen LogP contribution in [0.3, 0.4) is 0 Å². The average Bonchev–Trinajstić information content (AvgIpc) is 3.00. The highest BCUT2D eigenvalue weighted by atomic mass is 16.5. The summed E-state index contributed by atoms with van der Waals surface area (Å²) in [6.07, 6.45) is 6.82. The lowest BCUT2D eigenvalue weighted by Gasteiger charge is -2.23. The summed E-state index contributed by atoms with van der Waals surface area (Å²) in [5.41, 5.74) is 2.88. The van der Waals surface area contributed by atoms with Gasteiger partial charge in [-0.25, -0.2) is 4.98 Å². The van der Waals surface area contributed by atoms with E-state index in [-0.39, 0.29) is 12.0 Å². The van der Waals surface area contributed by atoms with Crippen molar-refractivity contribution in [2.24, 2.45) is 0 Å². The molecule has 0 spiro atoms. The van der Waals surface area contributed by atoms with E-state index in [1.165, 1.54) is 6.42 Å². The Morgan fingerprint density at radius 3 is 3.21 bits per heavy atom. The molecule has 1 saturated heterocycles. The molecule has 0 saturated carbocycles. The Hall–Kier alpha value is -1.92. The largest absolute Gasteiger partial charge is 0.376 e. The van der Waals surface area contributed by atoms with E-state index in [1.54, 1.807) is 6.92 Å². The number of aryl methyl sites for hydroxylation is 1. The molecule has 0 aromatic carbocycles. The topological polar surface area (TPSA) is 64.9 Å². The number of pyridine rings is 1. The zero-order valence-electron chi connectivity index (χ0n) is 14.3. The number of hydrogen-bond acceptors (Lipinski definition) is 4. The molecule has 1 fully saturated rings. The zero-order chi connectivity index (χ0) is 16.9. The van der Waals surface area contributed by atoms with E-state index in [1.807, 2.05) is 35.9 Å². The second-order valence-corrected chi connectivity index (χ2v) is 6.38. The molecule has 6 nitrogen and oxygen atoms in total. The Morgan fingerprint density at radius 1 is 1.54 bits per heavy atom. The number of hydrogen-bond donors (Lipinski definition) is 1. The van der Waals surface area contributed by atoms with Crippen molar-refractivity contribution in [3.63, 3.8) is 0 Å². The fourth-order valence-electron chi connectivity index (χ4n) is 2.81. The number of amides is 1. The zero-order valence-corrected chi connectivity index (χ0v) is 14.3. The van der Waals surface area contributed by atoms with Gasteiger partial charge in [0.2, 0.25) is 5.91 Å². The number of fused-ring (bicyclic) bond motifs is 1. The summed E-state index contributed by atoms with van der Waals surface area (Å²) in [6, 6.07) is 4.04. The number of rotatable bonds is 6. The van der Waals surface area contributed by atoms with Gasteiger partial charge >= 0.3 is 0 Å². The second-order valence-electron chi connectivity index (χ2n) is 6.38. The minimum absolute atomic E-state index is 0.121. The minimum Gasteiger partial charge on any atom is -0.376 e. The highest BCUT2D eigenvalue weighted by molar-refractivity contribution is 5.80. The first-order valence-electron chi connectivity index (χ1n) is 8.57. The first-order chi connectivity index (χ1) is 11.6. The minimum atomic E-state index is -0.491. The van der Waals surface area contributed by atoms with E-state index >= 15 is 0 Å². The number of carbonyl (C=O) groups excluding carboxylic acids is 1. The molecule has 24 heavy (non-hydrogen) atoms. The molecule has 1 aliphatic heterocycles. The van der Waals surface area contributed by atoms with Gasteiger partial charge in [0.1, 0.15) is 11.8 Å². The van der Waals surface area contributed by atoms with Gasteiger partial charge in [-0.1, -0.05) is 0 Å². The summed E-state index contributed by atoms with van der Waals surface area (Å²) in [5, 5.41) is 2.88. The van der Waals surface area contributed by atoms with Crippen LogP contribution in [0.2, 0.25) is 0 Å². The molecule has 2 aromatic heterocycles. The molecule has 0 aliphatic carbocycles. The molecule has 130 valence electrons. The molecule has 1 N–H and O–H groups in total. The Labute approximate surface area is 142 Å². The van der Waals surface area contributed by atoms with E-state index in [2.05, 4.69) is 10.3 Å². The maximum Gasteiger partial charge on any atom is 0.249 e. The van der Waals surface area contributed by atoms with Crippen molar-refractivity contribution in [2.75, 3.05) is 13.2 Å². The van der Waals surface area contributed by atoms with Gasteiger partial charge in [-0.05, 0) is 50.8 Å². The van der Waals surface area contributed by atoms with Crippen LogP contribution in [0.15, 0.2) is 24.5 Å². The Bertz CT molecular complexity index is 692. The maximum atomic E-state index is 12.1. The smallest absolute Gasteiger partial charge is 0.249 e. The molecule has 1 amide bonds. The van der Waals surface area contributed by atoms with Crippen LogP contribution in [0.25, 0.3) is 5.65 Å². The highest BCUT2D eigenvalue weighted by Crippen LogP contribution is 2.13. The van der Waals surface area contributed by atoms with Crippen LogP contribution in [0.1, 0.15) is 37.4 Å². The van der Waals surface area contributed by atoms with Crippen molar-refractivity contribution in [3.05, 3.63) is 35.8 Å². The molecule has 1 aliphatic rings. The maximum absolute atomic E-state index is 12.1. The summed E-state index contributed by atoms with van der Waals surface area (Å²) in [5.74, 6) is -0.126. The SMILES string of the molecule is Cc1ccn2cc(CNC(=O)[C@@H](C)OC[C@@H]3CCCCO3)nc2c1. The molecule has 2 atom stereocenters. The molecule has 6 heteroatoms. The summed E-state index contributed by atoms with van der Waals surface area (Å²) in [4.78, 5) is 16.7. The van der Waals surface area contributed by atoms with Crippen molar-refractivity contribution in [2.45, 2.75) is 51.9 Å². The fraction of sp³-hybridized carbons (Fsp3) is 0.556. The van der Waals surface area contributed by atoms with Crippen LogP contribution in [-0.2, 0) is 20.8 Å². The lowest BCUT2D eigenvalue weighted by atomic mass is 10.1. The highest BCUT2D eigenvalue weighted by Gasteiger charge is 2.19. The van der Waals surface area contributed by atoms with Crippen molar-refractivity contribution in [1.29, 1.82) is 0 Å². The number of nitrogens with zero attached hydrogens (tertiary/aromatic N) is 2. The van der Waals surface area contributed by atoms with Crippen LogP contribution in [0.4, 0.5) is 0 Å². The van der Waals surface area contributed by atoms with Crippen LogP contribution >= 0.6 is 0 Å². The quantitative estimate of drug-likeness (QED) is 0.881. The first-order valence-corrected chi connectivity index (χ1v) is 8.57. The van der Waals surface area contributed by atoms with E-state index in [0.29, 0.717) is 13.2 Å². The molecule has 0 unspecified atom stereocenters. The lowest BCUT2D eigenvalue weighted by Crippen LogP contribution is -2.36. The number of ether oxygens (including phenoxy) is 2. The van der Waals surface area contributed by atoms with Crippen LogP contribution in [0.5, 0.6) is 0 Å². The molecule has 2 aromatic rings. The van der Waals surface area contributed by atoms with Gasteiger partial charge in [0.05, 0.1) is 24.9 Å². The Balaban J connectivity index is 1.46. The number of aromatic nitrogens is 2. The molecule has 0 bridgehead atoms. The van der Waals surface area contributed by atoms with Gasteiger partial charge < -0.3 is 19.2 Å². The van der Waals surface area contributed by atoms with Crippen molar-refractivity contribution >= 4 is 11.6 Å². The summed E-state index contributed by atoms with van der Waals surface area (Å²) in [6.45, 7) is 5.47. The van der Waals surface area contributed by atoms with Crippen molar-refractivity contribution in [1.82, 2.24) is 14.7 Å². The third-order valence-electron chi connectivity index (χ3n) is 4.28. The summed E-state index contributed by atoms with van der Waals surface area (Å²) < 4.78 is 13.2. The fourth-order valence-corrected chi connectivity index (χ4v) is 2.81. The molecule has 0 radical (unpaired) electrons. The number of carbonyl (C=O) groups is 1. The van der Waals surface area contributed by atoms with Gasteiger partial charge in [0, 0.05) is 19.0 Å². The summed E-state index contributed by atoms with van der Waals surface area (Å²) in [7, 11) is 0. The monoisotopic (exact) mass is 331 g/mol. The standard InChI is InChI=1S/C18H25N3O3/c1-13-6-7-21-11-15(20-17(21)9-13)10-19-18(22)14(2)24-12-16-5-3-4-8-23-16/h6-7,9,11,14,16H,3-5,8,10,12H2,1-2H3,(H,19,22)/t14-,16+/m1/s1. The van der Waals surface area contributed by atoms with E-state index < -0.39 is 6.10 Å². The third-order valence-corrected chi connectivity index (χ3v) is 4.28. The van der Waals surface area contributed by atoms with Crippen LogP contribution < -0.4 is 5.32 Å². The summed E-state index contributed by atoms with van der Waals surface area (Å²) >= 11 is 0. The van der Waals surface area contributed by atoms with Crippen LogP contribution in [-0.4, -0.2) is 40.7 Å². The average molecular weight is 331 g/mol. The molecule has 3 rings (SSSR count). The normalized spacial score (nSPS) is 19.3. The van der Waals surface area contributed by atoms with Gasteiger partial charge in [0.15, 0.2) is 0 Å². The van der Waals surface area contributed by atoms with E-state index in [4.69, 9.17) is 9.47 Å². The van der Waals surface area contributed by atoms with Gasteiger partial charge in [-0.2, -0.15) is 0 Å². The van der Waals surface area contributed by atoms with Gasteiger partial charge in [-0.15, -0.1) is 0 Å². The first kappa shape index (κ1) is 16.9. The number of nitrogens with one attached hydrogen (secondary N) is 1. The number of imidazole rings is 1. The van der Waals surface area contributed by atoms with Crippen LogP contribution in [0, 0.1) is 6.92 Å². The van der Waals surface area contributed by atoms with Gasteiger partial charge in [0.25, 0.3) is 0 Å². The molecular formula is C18H25N3O3. The van der Waals surface area contributed by atoms with Gasteiger partial charge in [-0.3, -0.25) is 4.79 Å². The predicted molar refractivity (Wildman–Crippen MR) is 90.8 cm³/mol. The van der Waals surface area contributed by atoms with E-state index in [9.17, 15) is 4.79 Å². The second kappa shape index (κ2) is 7.77.